The minimum atomic E-state index is -0.134. The Morgan fingerprint density at radius 3 is 2.36 bits per heavy atom. The van der Waals surface area contributed by atoms with Crippen LogP contribution in [0.25, 0.3) is 38.6 Å². The average molecular weight is 607 g/mol. The van der Waals surface area contributed by atoms with Crippen LogP contribution in [0, 0.1) is 11.3 Å². The number of para-hydroxylation sites is 1. The lowest BCUT2D eigenvalue weighted by Gasteiger charge is -2.23. The SMILES string of the molecule is CC1(C)c2ccccc2-c2ccc3c4ccccc4n(-c4cccc(CN/C(=N\Cc5cccc(C#N)c5)c5ccccc5)c4)c3c21. The standard InChI is InChI=1S/C43H34N4/c1-43(2)38-20-8-6-18-34(38)36-22-23-37-35-19-7-9-21-39(35)47(41(37)40(36)43)33-17-11-14-31(25-33)28-46-42(32-15-4-3-5-16-32)45-27-30-13-10-12-29(24-30)26-44/h3-25H,27-28H2,1-2H3,(H,45,46). The van der Waals surface area contributed by atoms with Gasteiger partial charge in [-0.05, 0) is 63.7 Å². The molecule has 0 aliphatic heterocycles. The van der Waals surface area contributed by atoms with Gasteiger partial charge in [0.2, 0.25) is 0 Å². The van der Waals surface area contributed by atoms with Gasteiger partial charge >= 0.3 is 0 Å². The number of nitrogens with one attached hydrogen (secondary N) is 1. The second kappa shape index (κ2) is 11.5. The largest absolute Gasteiger partial charge is 0.366 e. The van der Waals surface area contributed by atoms with E-state index in [0.717, 1.165) is 22.6 Å². The van der Waals surface area contributed by atoms with Crippen molar-refractivity contribution in [3.8, 4) is 22.9 Å². The van der Waals surface area contributed by atoms with Crippen LogP contribution in [0.2, 0.25) is 0 Å². The van der Waals surface area contributed by atoms with Crippen LogP contribution in [0.15, 0.2) is 145 Å². The van der Waals surface area contributed by atoms with Gasteiger partial charge in [-0.15, -0.1) is 0 Å². The molecule has 1 aliphatic rings. The van der Waals surface area contributed by atoms with Gasteiger partial charge in [0.05, 0.1) is 29.2 Å². The molecule has 0 spiro atoms. The van der Waals surface area contributed by atoms with E-state index in [1.165, 1.54) is 49.6 Å². The maximum atomic E-state index is 9.35. The molecular weight excluding hydrogens is 573 g/mol. The first-order chi connectivity index (χ1) is 23.0. The Labute approximate surface area is 275 Å². The van der Waals surface area contributed by atoms with Crippen molar-refractivity contribution in [2.75, 3.05) is 0 Å². The summed E-state index contributed by atoms with van der Waals surface area (Å²) in [5, 5.41) is 15.5. The first-order valence-electron chi connectivity index (χ1n) is 16.1. The van der Waals surface area contributed by atoms with Crippen molar-refractivity contribution in [3.05, 3.63) is 173 Å². The minimum Gasteiger partial charge on any atom is -0.366 e. The fourth-order valence-electron chi connectivity index (χ4n) is 7.33. The summed E-state index contributed by atoms with van der Waals surface area (Å²) in [5.41, 5.74) is 12.8. The number of benzene rings is 6. The molecule has 0 radical (unpaired) electrons. The highest BCUT2D eigenvalue weighted by Gasteiger charge is 2.38. The van der Waals surface area contributed by atoms with Crippen LogP contribution >= 0.6 is 0 Å². The minimum absolute atomic E-state index is 0.134. The summed E-state index contributed by atoms with van der Waals surface area (Å²) in [7, 11) is 0. The molecule has 0 fully saturated rings. The van der Waals surface area contributed by atoms with Crippen LogP contribution in [-0.2, 0) is 18.5 Å². The Bertz CT molecular complexity index is 2370. The molecule has 1 heterocycles. The molecular formula is C43H34N4. The third-order valence-corrected chi connectivity index (χ3v) is 9.50. The molecule has 6 aromatic carbocycles. The molecule has 0 saturated heterocycles. The third kappa shape index (κ3) is 4.88. The summed E-state index contributed by atoms with van der Waals surface area (Å²) in [4.78, 5) is 4.97. The van der Waals surface area contributed by atoms with Gasteiger partial charge in [0, 0.05) is 34.0 Å². The predicted molar refractivity (Wildman–Crippen MR) is 193 cm³/mol. The van der Waals surface area contributed by atoms with E-state index >= 15 is 0 Å². The number of fused-ring (bicyclic) bond motifs is 7. The topological polar surface area (TPSA) is 53.1 Å². The molecule has 0 unspecified atom stereocenters. The number of hydrogen-bond acceptors (Lipinski definition) is 2. The first kappa shape index (κ1) is 28.5. The van der Waals surface area contributed by atoms with Crippen molar-refractivity contribution >= 4 is 27.6 Å². The molecule has 47 heavy (non-hydrogen) atoms. The lowest BCUT2D eigenvalue weighted by Crippen LogP contribution is -2.24. The molecule has 0 amide bonds. The number of aromatic nitrogens is 1. The Morgan fingerprint density at radius 2 is 1.49 bits per heavy atom. The molecule has 8 rings (SSSR count). The van der Waals surface area contributed by atoms with Gasteiger partial charge in [0.15, 0.2) is 0 Å². The van der Waals surface area contributed by atoms with E-state index in [0.29, 0.717) is 18.7 Å². The number of nitrogens with zero attached hydrogens (tertiary/aromatic N) is 3. The van der Waals surface area contributed by atoms with E-state index in [1.54, 1.807) is 0 Å². The molecule has 1 aromatic heterocycles. The zero-order valence-corrected chi connectivity index (χ0v) is 26.5. The second-order valence-electron chi connectivity index (χ2n) is 12.8. The highest BCUT2D eigenvalue weighted by atomic mass is 15.0. The molecule has 4 nitrogen and oxygen atoms in total. The molecule has 4 heteroatoms. The molecule has 226 valence electrons. The summed E-state index contributed by atoms with van der Waals surface area (Å²) in [6, 6.07) is 51.2. The van der Waals surface area contributed by atoms with Crippen LogP contribution in [0.4, 0.5) is 0 Å². The van der Waals surface area contributed by atoms with Gasteiger partial charge < -0.3 is 9.88 Å². The third-order valence-electron chi connectivity index (χ3n) is 9.50. The zero-order valence-electron chi connectivity index (χ0n) is 26.5. The number of hydrogen-bond donors (Lipinski definition) is 1. The summed E-state index contributed by atoms with van der Waals surface area (Å²) >= 11 is 0. The van der Waals surface area contributed by atoms with Crippen molar-refractivity contribution in [1.29, 1.82) is 5.26 Å². The average Bonchev–Trinajstić information content (AvgIpc) is 3.57. The Hall–Kier alpha value is -5.92. The maximum absolute atomic E-state index is 9.35. The van der Waals surface area contributed by atoms with Crippen molar-refractivity contribution < 1.29 is 0 Å². The monoisotopic (exact) mass is 606 g/mol. The number of aliphatic imine (C=N–C) groups is 1. The Kier molecular flexibility index (Phi) is 6.96. The van der Waals surface area contributed by atoms with Crippen molar-refractivity contribution in [1.82, 2.24) is 9.88 Å². The molecule has 1 N–H and O–H groups in total. The summed E-state index contributed by atoms with van der Waals surface area (Å²) in [6.07, 6.45) is 0. The van der Waals surface area contributed by atoms with Gasteiger partial charge in [0.1, 0.15) is 5.84 Å². The Balaban J connectivity index is 1.20. The van der Waals surface area contributed by atoms with Crippen LogP contribution in [0.3, 0.4) is 0 Å². The Morgan fingerprint density at radius 1 is 0.723 bits per heavy atom. The first-order valence-corrected chi connectivity index (χ1v) is 16.1. The van der Waals surface area contributed by atoms with Gasteiger partial charge in [0.25, 0.3) is 0 Å². The molecule has 0 bridgehead atoms. The van der Waals surface area contributed by atoms with Crippen molar-refractivity contribution in [3.63, 3.8) is 0 Å². The highest BCUT2D eigenvalue weighted by Crippen LogP contribution is 2.52. The van der Waals surface area contributed by atoms with Gasteiger partial charge in [-0.25, -0.2) is 0 Å². The highest BCUT2D eigenvalue weighted by molar-refractivity contribution is 6.13. The lowest BCUT2D eigenvalue weighted by atomic mass is 9.81. The molecule has 7 aromatic rings. The van der Waals surface area contributed by atoms with E-state index < -0.39 is 0 Å². The molecule has 0 saturated carbocycles. The van der Waals surface area contributed by atoms with E-state index in [2.05, 4.69) is 127 Å². The fraction of sp³-hybridized carbons (Fsp3) is 0.116. The number of amidine groups is 1. The lowest BCUT2D eigenvalue weighted by molar-refractivity contribution is 0.664. The number of nitriles is 1. The van der Waals surface area contributed by atoms with Crippen LogP contribution in [0.1, 0.15) is 47.2 Å². The van der Waals surface area contributed by atoms with E-state index in [4.69, 9.17) is 4.99 Å². The van der Waals surface area contributed by atoms with E-state index in [-0.39, 0.29) is 5.41 Å². The smallest absolute Gasteiger partial charge is 0.128 e. The summed E-state index contributed by atoms with van der Waals surface area (Å²) in [6.45, 7) is 5.82. The number of rotatable bonds is 6. The molecule has 0 atom stereocenters. The van der Waals surface area contributed by atoms with E-state index in [9.17, 15) is 5.26 Å². The summed E-state index contributed by atoms with van der Waals surface area (Å²) < 4.78 is 2.47. The van der Waals surface area contributed by atoms with Gasteiger partial charge in [-0.2, -0.15) is 5.26 Å². The van der Waals surface area contributed by atoms with Crippen LogP contribution in [-0.4, -0.2) is 10.4 Å². The molecule has 1 aliphatic carbocycles. The van der Waals surface area contributed by atoms with Crippen molar-refractivity contribution in [2.45, 2.75) is 32.4 Å². The zero-order chi connectivity index (χ0) is 32.0. The van der Waals surface area contributed by atoms with Gasteiger partial charge in [-0.3, -0.25) is 4.99 Å². The van der Waals surface area contributed by atoms with Crippen molar-refractivity contribution in [2.24, 2.45) is 4.99 Å². The normalized spacial score (nSPS) is 13.3. The van der Waals surface area contributed by atoms with Crippen LogP contribution < -0.4 is 5.32 Å². The fourth-order valence-corrected chi connectivity index (χ4v) is 7.33. The van der Waals surface area contributed by atoms with Crippen LogP contribution in [0.5, 0.6) is 0 Å². The van der Waals surface area contributed by atoms with E-state index in [1.807, 2.05) is 42.5 Å². The summed E-state index contributed by atoms with van der Waals surface area (Å²) in [5.74, 6) is 0.826. The second-order valence-corrected chi connectivity index (χ2v) is 12.8. The quantitative estimate of drug-likeness (QED) is 0.151. The maximum Gasteiger partial charge on any atom is 0.128 e. The predicted octanol–water partition coefficient (Wildman–Crippen LogP) is 9.70. The van der Waals surface area contributed by atoms with Gasteiger partial charge in [-0.1, -0.05) is 123 Å².